The van der Waals surface area contributed by atoms with Gasteiger partial charge in [-0.05, 0) is 52.4 Å². The van der Waals surface area contributed by atoms with Crippen LogP contribution in [0.1, 0.15) is 39.0 Å². The molecular formula is C15H21BrClNO2S. The Hall–Kier alpha value is -0.100. The van der Waals surface area contributed by atoms with Gasteiger partial charge in [0.1, 0.15) is 0 Å². The normalized spacial score (nSPS) is 23.2. The van der Waals surface area contributed by atoms with E-state index in [9.17, 15) is 8.42 Å². The Morgan fingerprint density at radius 1 is 1.29 bits per heavy atom. The zero-order chi connectivity index (χ0) is 15.5. The molecule has 0 heterocycles. The van der Waals surface area contributed by atoms with Crippen LogP contribution in [-0.2, 0) is 10.0 Å². The number of hydrogen-bond donors (Lipinski definition) is 1. The van der Waals surface area contributed by atoms with Crippen molar-refractivity contribution in [1.82, 2.24) is 4.72 Å². The Bertz CT molecular complexity index is 583. The fourth-order valence-corrected chi connectivity index (χ4v) is 4.46. The van der Waals surface area contributed by atoms with Crippen molar-refractivity contribution in [2.75, 3.05) is 6.54 Å². The molecule has 0 bridgehead atoms. The number of nitrogens with one attached hydrogen (secondary N) is 1. The van der Waals surface area contributed by atoms with Gasteiger partial charge in [0.2, 0.25) is 10.0 Å². The standard InChI is InChI=1S/C15H21BrClNO2S/c1-11-2-4-12(5-3-11)8-9-18-21(19,20)13-6-7-15(17)14(16)10-13/h6-7,10-12,18H,2-5,8-9H2,1H3. The van der Waals surface area contributed by atoms with E-state index >= 15 is 0 Å². The summed E-state index contributed by atoms with van der Waals surface area (Å²) >= 11 is 9.14. The molecule has 0 radical (unpaired) electrons. The first-order chi connectivity index (χ1) is 9.88. The zero-order valence-electron chi connectivity index (χ0n) is 12.1. The fourth-order valence-electron chi connectivity index (χ4n) is 2.74. The molecule has 1 aromatic rings. The number of hydrogen-bond acceptors (Lipinski definition) is 2. The monoisotopic (exact) mass is 393 g/mol. The molecule has 0 atom stereocenters. The SMILES string of the molecule is CC1CCC(CCNS(=O)(=O)c2ccc(Cl)c(Br)c2)CC1. The number of rotatable bonds is 5. The van der Waals surface area contributed by atoms with Gasteiger partial charge in [-0.25, -0.2) is 13.1 Å². The lowest BCUT2D eigenvalue weighted by Gasteiger charge is -2.26. The van der Waals surface area contributed by atoms with Crippen LogP contribution in [0, 0.1) is 11.8 Å². The first-order valence-electron chi connectivity index (χ1n) is 7.33. The molecule has 3 nitrogen and oxygen atoms in total. The van der Waals surface area contributed by atoms with Gasteiger partial charge in [0.15, 0.2) is 0 Å². The highest BCUT2D eigenvalue weighted by Gasteiger charge is 2.19. The minimum Gasteiger partial charge on any atom is -0.211 e. The van der Waals surface area contributed by atoms with Crippen LogP contribution in [0.2, 0.25) is 5.02 Å². The van der Waals surface area contributed by atoms with Crippen molar-refractivity contribution in [3.63, 3.8) is 0 Å². The lowest BCUT2D eigenvalue weighted by atomic mass is 9.81. The van der Waals surface area contributed by atoms with Crippen molar-refractivity contribution < 1.29 is 8.42 Å². The van der Waals surface area contributed by atoms with Crippen LogP contribution in [0.3, 0.4) is 0 Å². The largest absolute Gasteiger partial charge is 0.240 e. The summed E-state index contributed by atoms with van der Waals surface area (Å²) in [4.78, 5) is 0.246. The molecule has 118 valence electrons. The van der Waals surface area contributed by atoms with Gasteiger partial charge >= 0.3 is 0 Å². The molecule has 1 saturated carbocycles. The zero-order valence-corrected chi connectivity index (χ0v) is 15.3. The second-order valence-electron chi connectivity index (χ2n) is 5.89. The molecule has 0 amide bonds. The summed E-state index contributed by atoms with van der Waals surface area (Å²) in [6, 6.07) is 4.65. The van der Waals surface area contributed by atoms with Crippen molar-refractivity contribution in [2.45, 2.75) is 43.9 Å². The minimum atomic E-state index is -3.45. The van der Waals surface area contributed by atoms with E-state index in [-0.39, 0.29) is 4.90 Å². The van der Waals surface area contributed by atoms with E-state index in [4.69, 9.17) is 11.6 Å². The highest BCUT2D eigenvalue weighted by molar-refractivity contribution is 9.10. The highest BCUT2D eigenvalue weighted by Crippen LogP contribution is 2.30. The van der Waals surface area contributed by atoms with E-state index in [1.165, 1.54) is 37.8 Å². The van der Waals surface area contributed by atoms with E-state index in [0.717, 1.165) is 12.3 Å². The summed E-state index contributed by atoms with van der Waals surface area (Å²) in [7, 11) is -3.45. The summed E-state index contributed by atoms with van der Waals surface area (Å²) in [6.45, 7) is 2.79. The third kappa shape index (κ3) is 4.95. The van der Waals surface area contributed by atoms with Gasteiger partial charge in [-0.1, -0.05) is 44.2 Å². The van der Waals surface area contributed by atoms with Gasteiger partial charge in [-0.15, -0.1) is 0 Å². The average molecular weight is 395 g/mol. The molecule has 1 fully saturated rings. The second kappa shape index (κ2) is 7.44. The minimum absolute atomic E-state index is 0.246. The van der Waals surface area contributed by atoms with Crippen LogP contribution in [0.15, 0.2) is 27.6 Å². The molecule has 21 heavy (non-hydrogen) atoms. The summed E-state index contributed by atoms with van der Waals surface area (Å²) < 4.78 is 27.7. The molecule has 0 saturated heterocycles. The maximum absolute atomic E-state index is 12.2. The van der Waals surface area contributed by atoms with Crippen LogP contribution in [0.25, 0.3) is 0 Å². The molecule has 0 spiro atoms. The molecular weight excluding hydrogens is 374 g/mol. The molecule has 1 N–H and O–H groups in total. The van der Waals surface area contributed by atoms with Crippen molar-refractivity contribution in [3.8, 4) is 0 Å². The van der Waals surface area contributed by atoms with E-state index < -0.39 is 10.0 Å². The van der Waals surface area contributed by atoms with E-state index in [1.54, 1.807) is 6.07 Å². The van der Waals surface area contributed by atoms with Gasteiger partial charge in [0, 0.05) is 11.0 Å². The van der Waals surface area contributed by atoms with Gasteiger partial charge in [0.05, 0.1) is 9.92 Å². The third-order valence-corrected chi connectivity index (χ3v) is 6.85. The van der Waals surface area contributed by atoms with Crippen molar-refractivity contribution in [1.29, 1.82) is 0 Å². The fraction of sp³-hybridized carbons (Fsp3) is 0.600. The molecule has 1 aliphatic rings. The summed E-state index contributed by atoms with van der Waals surface area (Å²) in [5, 5.41) is 0.505. The molecule has 2 rings (SSSR count). The van der Waals surface area contributed by atoms with E-state index in [1.807, 2.05) is 0 Å². The van der Waals surface area contributed by atoms with Gasteiger partial charge in [0.25, 0.3) is 0 Å². The topological polar surface area (TPSA) is 46.2 Å². The van der Waals surface area contributed by atoms with E-state index in [0.29, 0.717) is 22.0 Å². The molecule has 1 aliphatic carbocycles. The first-order valence-corrected chi connectivity index (χ1v) is 9.98. The number of sulfonamides is 1. The van der Waals surface area contributed by atoms with Crippen LogP contribution in [0.4, 0.5) is 0 Å². The maximum Gasteiger partial charge on any atom is 0.240 e. The smallest absolute Gasteiger partial charge is 0.211 e. The van der Waals surface area contributed by atoms with Crippen LogP contribution in [0.5, 0.6) is 0 Å². The Labute approximate surface area is 140 Å². The van der Waals surface area contributed by atoms with Crippen LogP contribution < -0.4 is 4.72 Å². The predicted molar refractivity (Wildman–Crippen MR) is 90.1 cm³/mol. The molecule has 1 aromatic carbocycles. The van der Waals surface area contributed by atoms with Gasteiger partial charge in [-0.2, -0.15) is 0 Å². The first kappa shape index (κ1) is 17.3. The number of halogens is 2. The van der Waals surface area contributed by atoms with Gasteiger partial charge in [-0.3, -0.25) is 0 Å². The third-order valence-electron chi connectivity index (χ3n) is 4.18. The second-order valence-corrected chi connectivity index (χ2v) is 8.92. The average Bonchev–Trinajstić information content (AvgIpc) is 2.44. The molecule has 0 aliphatic heterocycles. The number of benzene rings is 1. The summed E-state index contributed by atoms with van der Waals surface area (Å²) in [5.41, 5.74) is 0. The molecule has 6 heteroatoms. The van der Waals surface area contributed by atoms with Crippen LogP contribution >= 0.6 is 27.5 Å². The van der Waals surface area contributed by atoms with Gasteiger partial charge < -0.3 is 0 Å². The Kier molecular flexibility index (Phi) is 6.12. The molecule has 0 unspecified atom stereocenters. The predicted octanol–water partition coefficient (Wildman–Crippen LogP) is 4.60. The van der Waals surface area contributed by atoms with E-state index in [2.05, 4.69) is 27.6 Å². The van der Waals surface area contributed by atoms with Crippen molar-refractivity contribution >= 4 is 37.6 Å². The Morgan fingerprint density at radius 2 is 1.95 bits per heavy atom. The highest BCUT2D eigenvalue weighted by atomic mass is 79.9. The van der Waals surface area contributed by atoms with Crippen molar-refractivity contribution in [2.24, 2.45) is 11.8 Å². The quantitative estimate of drug-likeness (QED) is 0.793. The summed E-state index contributed by atoms with van der Waals surface area (Å²) in [6.07, 6.45) is 5.88. The summed E-state index contributed by atoms with van der Waals surface area (Å²) in [5.74, 6) is 1.48. The lowest BCUT2D eigenvalue weighted by molar-refractivity contribution is 0.278. The lowest BCUT2D eigenvalue weighted by Crippen LogP contribution is -2.27. The van der Waals surface area contributed by atoms with Crippen molar-refractivity contribution in [3.05, 3.63) is 27.7 Å². The Morgan fingerprint density at radius 3 is 2.57 bits per heavy atom. The molecule has 0 aromatic heterocycles. The Balaban J connectivity index is 1.88. The van der Waals surface area contributed by atoms with Crippen LogP contribution in [-0.4, -0.2) is 15.0 Å². The maximum atomic E-state index is 12.2.